The van der Waals surface area contributed by atoms with Crippen LogP contribution in [0.15, 0.2) is 34.0 Å². The third-order valence-corrected chi connectivity index (χ3v) is 7.41. The first-order chi connectivity index (χ1) is 12.3. The van der Waals surface area contributed by atoms with Crippen molar-refractivity contribution in [1.29, 1.82) is 0 Å². The number of aromatic nitrogens is 1. The van der Waals surface area contributed by atoms with E-state index in [4.69, 9.17) is 5.11 Å². The van der Waals surface area contributed by atoms with Gasteiger partial charge in [-0.05, 0) is 25.1 Å². The zero-order valence-electron chi connectivity index (χ0n) is 14.0. The predicted molar refractivity (Wildman–Crippen MR) is 94.9 cm³/mol. The molecule has 1 fully saturated rings. The van der Waals surface area contributed by atoms with E-state index >= 15 is 0 Å². The molecule has 0 aromatic carbocycles. The summed E-state index contributed by atoms with van der Waals surface area (Å²) in [6.45, 7) is 2.69. The van der Waals surface area contributed by atoms with Crippen molar-refractivity contribution in [2.24, 2.45) is 0 Å². The summed E-state index contributed by atoms with van der Waals surface area (Å²) in [5, 5.41) is 10.2. The maximum absolute atomic E-state index is 12.6. The minimum atomic E-state index is -3.76. The zero-order chi connectivity index (χ0) is 18.9. The number of aryl methyl sites for hydroxylation is 1. The van der Waals surface area contributed by atoms with Crippen LogP contribution < -0.4 is 0 Å². The molecular weight excluding hydrogens is 378 g/mol. The number of carbonyl (C=O) groups excluding carboxylic acids is 1. The van der Waals surface area contributed by atoms with E-state index in [2.05, 4.69) is 4.98 Å². The highest BCUT2D eigenvalue weighted by Crippen LogP contribution is 2.25. The van der Waals surface area contributed by atoms with Gasteiger partial charge in [0.25, 0.3) is 15.9 Å². The van der Waals surface area contributed by atoms with Gasteiger partial charge in [-0.25, -0.2) is 13.2 Å². The summed E-state index contributed by atoms with van der Waals surface area (Å²) < 4.78 is 26.6. The summed E-state index contributed by atoms with van der Waals surface area (Å²) >= 11 is 0.884. The van der Waals surface area contributed by atoms with Gasteiger partial charge in [-0.15, -0.1) is 11.3 Å². The summed E-state index contributed by atoms with van der Waals surface area (Å²) in [6.07, 6.45) is 1.51. The number of hydrogen-bond acceptors (Lipinski definition) is 6. The molecule has 0 radical (unpaired) electrons. The van der Waals surface area contributed by atoms with Crippen LogP contribution in [0.4, 0.5) is 0 Å². The third kappa shape index (κ3) is 3.62. The van der Waals surface area contributed by atoms with Crippen LogP contribution in [0.1, 0.15) is 26.4 Å². The molecule has 2 aromatic heterocycles. The molecule has 3 heterocycles. The number of nitrogens with zero attached hydrogens (tertiary/aromatic N) is 3. The number of carboxylic acid groups (broad SMARTS) is 1. The number of carbonyl (C=O) groups is 2. The van der Waals surface area contributed by atoms with Gasteiger partial charge in [-0.3, -0.25) is 9.78 Å². The van der Waals surface area contributed by atoms with E-state index < -0.39 is 16.0 Å². The molecule has 0 atom stereocenters. The molecule has 8 nitrogen and oxygen atoms in total. The van der Waals surface area contributed by atoms with Crippen LogP contribution in [-0.4, -0.2) is 65.8 Å². The molecule has 1 N–H and O–H groups in total. The Morgan fingerprint density at radius 2 is 1.85 bits per heavy atom. The lowest BCUT2D eigenvalue weighted by molar-refractivity contribution is 0.0688. The van der Waals surface area contributed by atoms with Gasteiger partial charge in [0.05, 0.1) is 11.1 Å². The molecule has 0 bridgehead atoms. The second kappa shape index (κ2) is 7.14. The van der Waals surface area contributed by atoms with E-state index in [-0.39, 0.29) is 41.9 Å². The fraction of sp³-hybridized carbons (Fsp3) is 0.312. The topological polar surface area (TPSA) is 108 Å². The van der Waals surface area contributed by atoms with Crippen molar-refractivity contribution in [1.82, 2.24) is 14.2 Å². The first kappa shape index (κ1) is 18.5. The molecule has 1 aliphatic rings. The molecule has 138 valence electrons. The predicted octanol–water partition coefficient (Wildman–Crippen LogP) is 1.30. The van der Waals surface area contributed by atoms with Crippen LogP contribution in [0.5, 0.6) is 0 Å². The third-order valence-electron chi connectivity index (χ3n) is 4.10. The molecule has 1 aliphatic heterocycles. The second-order valence-corrected chi connectivity index (χ2v) is 8.92. The second-order valence-electron chi connectivity index (χ2n) is 5.84. The van der Waals surface area contributed by atoms with Gasteiger partial charge in [0.1, 0.15) is 4.21 Å². The van der Waals surface area contributed by atoms with Gasteiger partial charge in [0.15, 0.2) is 0 Å². The van der Waals surface area contributed by atoms with Crippen LogP contribution in [0.25, 0.3) is 0 Å². The Balaban J connectivity index is 1.68. The Morgan fingerprint density at radius 1 is 1.15 bits per heavy atom. The van der Waals surface area contributed by atoms with Gasteiger partial charge in [0, 0.05) is 43.4 Å². The van der Waals surface area contributed by atoms with Crippen molar-refractivity contribution in [2.75, 3.05) is 26.2 Å². The average molecular weight is 395 g/mol. The number of aromatic carboxylic acids is 1. The van der Waals surface area contributed by atoms with Crippen LogP contribution >= 0.6 is 11.3 Å². The minimum absolute atomic E-state index is 0.00240. The molecule has 2 aromatic rings. The lowest BCUT2D eigenvalue weighted by Crippen LogP contribution is -2.50. The summed E-state index contributed by atoms with van der Waals surface area (Å²) in [7, 11) is -3.76. The molecule has 0 spiro atoms. The van der Waals surface area contributed by atoms with E-state index in [1.807, 2.05) is 6.92 Å². The van der Waals surface area contributed by atoms with Gasteiger partial charge in [0.2, 0.25) is 0 Å². The van der Waals surface area contributed by atoms with E-state index in [9.17, 15) is 18.0 Å². The molecule has 0 saturated carbocycles. The number of pyridine rings is 1. The van der Waals surface area contributed by atoms with Gasteiger partial charge < -0.3 is 10.0 Å². The molecule has 26 heavy (non-hydrogen) atoms. The Labute approximate surface area is 154 Å². The maximum atomic E-state index is 12.6. The first-order valence-electron chi connectivity index (χ1n) is 7.83. The highest BCUT2D eigenvalue weighted by Gasteiger charge is 2.31. The quantitative estimate of drug-likeness (QED) is 0.836. The smallest absolute Gasteiger partial charge is 0.336 e. The summed E-state index contributed by atoms with van der Waals surface area (Å²) in [6, 6.07) is 4.62. The summed E-state index contributed by atoms with van der Waals surface area (Å²) in [5.74, 6) is -1.34. The number of piperazine rings is 1. The monoisotopic (exact) mass is 395 g/mol. The Hall–Kier alpha value is -2.30. The lowest BCUT2D eigenvalue weighted by atomic mass is 10.2. The van der Waals surface area contributed by atoms with Crippen LogP contribution in [-0.2, 0) is 10.0 Å². The molecule has 0 aliphatic carbocycles. The first-order valence-corrected chi connectivity index (χ1v) is 10.1. The van der Waals surface area contributed by atoms with Crippen LogP contribution in [0, 0.1) is 6.92 Å². The SMILES string of the molecule is Cc1ccc(C(=O)N2CCN(S(=O)(=O)c3cc(C(=O)O)cs3)CC2)cn1. The van der Waals surface area contributed by atoms with Crippen molar-refractivity contribution in [3.63, 3.8) is 0 Å². The Morgan fingerprint density at radius 3 is 2.38 bits per heavy atom. The molecule has 10 heteroatoms. The number of hydrogen-bond donors (Lipinski definition) is 1. The van der Waals surface area contributed by atoms with E-state index in [1.165, 1.54) is 15.9 Å². The van der Waals surface area contributed by atoms with Crippen molar-refractivity contribution in [3.8, 4) is 0 Å². The van der Waals surface area contributed by atoms with Crippen LogP contribution in [0.2, 0.25) is 0 Å². The van der Waals surface area contributed by atoms with Gasteiger partial charge in [-0.1, -0.05) is 0 Å². The Kier molecular flexibility index (Phi) is 5.08. The largest absolute Gasteiger partial charge is 0.478 e. The van der Waals surface area contributed by atoms with E-state index in [0.29, 0.717) is 5.56 Å². The molecular formula is C16H17N3O5S2. The minimum Gasteiger partial charge on any atom is -0.478 e. The van der Waals surface area contributed by atoms with Crippen LogP contribution in [0.3, 0.4) is 0 Å². The maximum Gasteiger partial charge on any atom is 0.336 e. The number of thiophene rings is 1. The zero-order valence-corrected chi connectivity index (χ0v) is 15.6. The summed E-state index contributed by atoms with van der Waals surface area (Å²) in [5.41, 5.74) is 1.24. The van der Waals surface area contributed by atoms with Gasteiger partial charge >= 0.3 is 5.97 Å². The number of carboxylic acids is 1. The van der Waals surface area contributed by atoms with E-state index in [0.717, 1.165) is 23.1 Å². The molecule has 0 unspecified atom stereocenters. The average Bonchev–Trinajstić information content (AvgIpc) is 3.13. The molecule has 1 amide bonds. The Bertz CT molecular complexity index is 929. The molecule has 1 saturated heterocycles. The fourth-order valence-electron chi connectivity index (χ4n) is 2.60. The number of rotatable bonds is 4. The number of amides is 1. The van der Waals surface area contributed by atoms with E-state index in [1.54, 1.807) is 17.0 Å². The fourth-order valence-corrected chi connectivity index (χ4v) is 5.33. The van der Waals surface area contributed by atoms with Crippen molar-refractivity contribution in [2.45, 2.75) is 11.1 Å². The normalized spacial score (nSPS) is 15.8. The van der Waals surface area contributed by atoms with Crippen molar-refractivity contribution < 1.29 is 23.1 Å². The van der Waals surface area contributed by atoms with Crippen molar-refractivity contribution in [3.05, 3.63) is 46.6 Å². The standard InChI is InChI=1S/C16H17N3O5S2/c1-11-2-3-12(9-17-11)15(20)18-4-6-19(7-5-18)26(23,24)14-8-13(10-25-14)16(21)22/h2-3,8-10H,4-7H2,1H3,(H,21,22). The van der Waals surface area contributed by atoms with Crippen molar-refractivity contribution >= 4 is 33.2 Å². The number of sulfonamides is 1. The van der Waals surface area contributed by atoms with Gasteiger partial charge in [-0.2, -0.15) is 4.31 Å². The highest BCUT2D eigenvalue weighted by molar-refractivity contribution is 7.91. The molecule has 3 rings (SSSR count). The highest BCUT2D eigenvalue weighted by atomic mass is 32.2. The lowest BCUT2D eigenvalue weighted by Gasteiger charge is -2.33. The summed E-state index contributed by atoms with van der Waals surface area (Å²) in [4.78, 5) is 29.1.